The molecule has 0 bridgehead atoms. The van der Waals surface area contributed by atoms with Crippen LogP contribution in [-0.2, 0) is 6.54 Å². The fourth-order valence-electron chi connectivity index (χ4n) is 3.29. The lowest BCUT2D eigenvalue weighted by Gasteiger charge is -2.14. The van der Waals surface area contributed by atoms with E-state index in [1.54, 1.807) is 23.5 Å². The number of thiophene rings is 1. The van der Waals surface area contributed by atoms with Gasteiger partial charge < -0.3 is 4.74 Å². The molecule has 132 valence electrons. The Morgan fingerprint density at radius 3 is 2.73 bits per heavy atom. The minimum atomic E-state index is 0.505. The van der Waals surface area contributed by atoms with Crippen molar-refractivity contribution < 1.29 is 4.74 Å². The van der Waals surface area contributed by atoms with Crippen molar-refractivity contribution in [3.63, 3.8) is 0 Å². The molecule has 1 saturated heterocycles. The van der Waals surface area contributed by atoms with Crippen molar-refractivity contribution in [1.82, 2.24) is 14.9 Å². The van der Waals surface area contributed by atoms with Crippen molar-refractivity contribution in [3.8, 4) is 17.7 Å². The molecular weight excluding hydrogens is 344 g/mol. The minimum Gasteiger partial charge on any atom is -0.437 e. The summed E-state index contributed by atoms with van der Waals surface area (Å²) in [6.07, 6.45) is 2.47. The van der Waals surface area contributed by atoms with Gasteiger partial charge in [0.25, 0.3) is 0 Å². The van der Waals surface area contributed by atoms with Crippen LogP contribution >= 0.6 is 11.3 Å². The minimum absolute atomic E-state index is 0.505. The van der Waals surface area contributed by atoms with Gasteiger partial charge in [-0.2, -0.15) is 10.2 Å². The number of aromatic nitrogens is 2. The first-order valence-corrected chi connectivity index (χ1v) is 9.63. The average molecular weight is 364 g/mol. The molecule has 0 atom stereocenters. The average Bonchev–Trinajstić information content (AvgIpc) is 3.24. The SMILES string of the molecule is Cc1sc2nc(CN3CCCC3)nc(Oc3ccccc3C#N)c2c1C. The van der Waals surface area contributed by atoms with E-state index < -0.39 is 0 Å². The van der Waals surface area contributed by atoms with Gasteiger partial charge in [-0.15, -0.1) is 11.3 Å². The van der Waals surface area contributed by atoms with Crippen LogP contribution in [0.3, 0.4) is 0 Å². The summed E-state index contributed by atoms with van der Waals surface area (Å²) in [4.78, 5) is 14.1. The summed E-state index contributed by atoms with van der Waals surface area (Å²) < 4.78 is 6.13. The third-order valence-electron chi connectivity index (χ3n) is 4.82. The van der Waals surface area contributed by atoms with Gasteiger partial charge in [0.1, 0.15) is 22.5 Å². The summed E-state index contributed by atoms with van der Waals surface area (Å²) in [6.45, 7) is 7.09. The first-order chi connectivity index (χ1) is 12.7. The van der Waals surface area contributed by atoms with Crippen LogP contribution in [0.25, 0.3) is 10.2 Å². The quantitative estimate of drug-likeness (QED) is 0.679. The monoisotopic (exact) mass is 364 g/mol. The smallest absolute Gasteiger partial charge is 0.231 e. The van der Waals surface area contributed by atoms with Gasteiger partial charge in [-0.25, -0.2) is 4.98 Å². The van der Waals surface area contributed by atoms with E-state index in [0.717, 1.165) is 41.2 Å². The number of para-hydroxylation sites is 1. The van der Waals surface area contributed by atoms with Crippen LogP contribution in [0.5, 0.6) is 11.6 Å². The Balaban J connectivity index is 1.79. The highest BCUT2D eigenvalue weighted by Gasteiger charge is 2.19. The zero-order valence-electron chi connectivity index (χ0n) is 15.0. The van der Waals surface area contributed by atoms with Crippen LogP contribution in [-0.4, -0.2) is 28.0 Å². The summed E-state index contributed by atoms with van der Waals surface area (Å²) >= 11 is 1.67. The van der Waals surface area contributed by atoms with Gasteiger partial charge in [-0.1, -0.05) is 12.1 Å². The molecule has 3 heterocycles. The largest absolute Gasteiger partial charge is 0.437 e. The molecule has 1 fully saturated rings. The van der Waals surface area contributed by atoms with Gasteiger partial charge in [0.15, 0.2) is 0 Å². The third kappa shape index (κ3) is 3.16. The Bertz CT molecular complexity index is 999. The second-order valence-corrected chi connectivity index (χ2v) is 7.80. The lowest BCUT2D eigenvalue weighted by Crippen LogP contribution is -2.20. The summed E-state index contributed by atoms with van der Waals surface area (Å²) in [5.74, 6) is 1.87. The molecule has 0 spiro atoms. The van der Waals surface area contributed by atoms with E-state index in [1.807, 2.05) is 12.1 Å². The number of fused-ring (bicyclic) bond motifs is 1. The molecule has 2 aromatic heterocycles. The van der Waals surface area contributed by atoms with Gasteiger partial charge in [0.05, 0.1) is 17.5 Å². The molecule has 6 heteroatoms. The summed E-state index contributed by atoms with van der Waals surface area (Å²) in [6, 6.07) is 9.44. The first-order valence-electron chi connectivity index (χ1n) is 8.81. The molecule has 26 heavy (non-hydrogen) atoms. The van der Waals surface area contributed by atoms with Crippen LogP contribution in [0.2, 0.25) is 0 Å². The standard InChI is InChI=1S/C20H20N4OS/c1-13-14(2)26-20-18(13)19(25-16-8-4-3-7-15(16)11-21)22-17(23-20)12-24-9-5-6-10-24/h3-4,7-8H,5-6,9-10,12H2,1-2H3. The van der Waals surface area contributed by atoms with Gasteiger partial charge in [-0.05, 0) is 57.5 Å². The van der Waals surface area contributed by atoms with Crippen molar-refractivity contribution in [2.45, 2.75) is 33.2 Å². The number of likely N-dealkylation sites (tertiary alicyclic amines) is 1. The predicted octanol–water partition coefficient (Wildman–Crippen LogP) is 4.57. The molecule has 0 amide bonds. The van der Waals surface area contributed by atoms with Crippen LogP contribution in [0, 0.1) is 25.2 Å². The summed E-state index contributed by atoms with van der Waals surface area (Å²) in [5.41, 5.74) is 1.65. The predicted molar refractivity (Wildman–Crippen MR) is 103 cm³/mol. The van der Waals surface area contributed by atoms with Gasteiger partial charge in [-0.3, -0.25) is 4.90 Å². The van der Waals surface area contributed by atoms with E-state index >= 15 is 0 Å². The van der Waals surface area contributed by atoms with Crippen molar-refractivity contribution in [2.75, 3.05) is 13.1 Å². The topological polar surface area (TPSA) is 62.0 Å². The highest BCUT2D eigenvalue weighted by atomic mass is 32.1. The molecule has 0 N–H and O–H groups in total. The molecule has 4 rings (SSSR count). The van der Waals surface area contributed by atoms with Gasteiger partial charge in [0.2, 0.25) is 5.88 Å². The summed E-state index contributed by atoms with van der Waals surface area (Å²) in [5, 5.41) is 10.3. The van der Waals surface area contributed by atoms with Crippen LogP contribution in [0.15, 0.2) is 24.3 Å². The second-order valence-electron chi connectivity index (χ2n) is 6.60. The van der Waals surface area contributed by atoms with Crippen molar-refractivity contribution in [3.05, 3.63) is 46.1 Å². The molecule has 0 saturated carbocycles. The van der Waals surface area contributed by atoms with Crippen LogP contribution in [0.4, 0.5) is 0 Å². The molecule has 5 nitrogen and oxygen atoms in total. The Kier molecular flexibility index (Phi) is 4.58. The fourth-order valence-corrected chi connectivity index (χ4v) is 4.33. The van der Waals surface area contributed by atoms with E-state index in [0.29, 0.717) is 17.2 Å². The maximum absolute atomic E-state index is 9.35. The number of nitriles is 1. The number of aryl methyl sites for hydroxylation is 2. The number of hydrogen-bond donors (Lipinski definition) is 0. The normalized spacial score (nSPS) is 14.7. The van der Waals surface area contributed by atoms with E-state index in [1.165, 1.54) is 17.7 Å². The number of rotatable bonds is 4. The summed E-state index contributed by atoms with van der Waals surface area (Å²) in [7, 11) is 0. The first kappa shape index (κ1) is 17.0. The Morgan fingerprint density at radius 1 is 1.19 bits per heavy atom. The van der Waals surface area contributed by atoms with E-state index in [9.17, 15) is 5.26 Å². The van der Waals surface area contributed by atoms with Crippen molar-refractivity contribution in [2.24, 2.45) is 0 Å². The molecule has 0 aliphatic carbocycles. The van der Waals surface area contributed by atoms with Crippen LogP contribution < -0.4 is 4.74 Å². The number of ether oxygens (including phenoxy) is 1. The lowest BCUT2D eigenvalue weighted by molar-refractivity contribution is 0.321. The molecule has 0 unspecified atom stereocenters. The number of benzene rings is 1. The Morgan fingerprint density at radius 2 is 1.96 bits per heavy atom. The highest BCUT2D eigenvalue weighted by Crippen LogP contribution is 2.37. The highest BCUT2D eigenvalue weighted by molar-refractivity contribution is 7.18. The zero-order chi connectivity index (χ0) is 18.1. The maximum atomic E-state index is 9.35. The Hall–Kier alpha value is -2.49. The van der Waals surface area contributed by atoms with E-state index in [2.05, 4.69) is 24.8 Å². The number of hydrogen-bond acceptors (Lipinski definition) is 6. The fraction of sp³-hybridized carbons (Fsp3) is 0.350. The van der Waals surface area contributed by atoms with Crippen molar-refractivity contribution >= 4 is 21.6 Å². The molecular formula is C20H20N4OS. The zero-order valence-corrected chi connectivity index (χ0v) is 15.8. The Labute approximate surface area is 156 Å². The van der Waals surface area contributed by atoms with Gasteiger partial charge >= 0.3 is 0 Å². The van der Waals surface area contributed by atoms with Gasteiger partial charge in [0, 0.05) is 4.88 Å². The van der Waals surface area contributed by atoms with Crippen molar-refractivity contribution in [1.29, 1.82) is 5.26 Å². The molecule has 1 aromatic carbocycles. The van der Waals surface area contributed by atoms with E-state index in [4.69, 9.17) is 14.7 Å². The number of nitrogens with zero attached hydrogens (tertiary/aromatic N) is 4. The third-order valence-corrected chi connectivity index (χ3v) is 5.92. The second kappa shape index (κ2) is 7.02. The lowest BCUT2D eigenvalue weighted by atomic mass is 10.2. The van der Waals surface area contributed by atoms with Crippen LogP contribution in [0.1, 0.15) is 34.7 Å². The maximum Gasteiger partial charge on any atom is 0.231 e. The molecule has 1 aliphatic rings. The van der Waals surface area contributed by atoms with E-state index in [-0.39, 0.29) is 0 Å². The molecule has 0 radical (unpaired) electrons. The molecule has 3 aromatic rings. The molecule has 1 aliphatic heterocycles.